The van der Waals surface area contributed by atoms with Gasteiger partial charge >= 0.3 is 0 Å². The minimum Gasteiger partial charge on any atom is -0.479 e. The number of nitrogens with one attached hydrogen (secondary N) is 2. The fraction of sp³-hybridized carbons (Fsp3) is 0.350. The van der Waals surface area contributed by atoms with Crippen LogP contribution in [0.3, 0.4) is 0 Å². The molecule has 3 rings (SSSR count). The van der Waals surface area contributed by atoms with E-state index in [1.807, 2.05) is 13.8 Å². The highest BCUT2D eigenvalue weighted by Gasteiger charge is 2.21. The molecule has 6 N–H and O–H groups in total. The number of nitrogens with zero attached hydrogens (tertiary/aromatic N) is 5. The lowest BCUT2D eigenvalue weighted by molar-refractivity contribution is 0.100. The number of nitrogens with two attached hydrogens (primary N) is 2. The van der Waals surface area contributed by atoms with Crippen molar-refractivity contribution in [2.45, 2.75) is 38.8 Å². The first-order chi connectivity index (χ1) is 15.4. The van der Waals surface area contributed by atoms with Gasteiger partial charge in [0.2, 0.25) is 5.88 Å². The fourth-order valence-electron chi connectivity index (χ4n) is 3.15. The van der Waals surface area contributed by atoms with Gasteiger partial charge in [-0.25, -0.2) is 19.0 Å². The van der Waals surface area contributed by atoms with E-state index in [0.717, 1.165) is 6.07 Å². The summed E-state index contributed by atoms with van der Waals surface area (Å²) in [4.78, 5) is 20.5. The van der Waals surface area contributed by atoms with Gasteiger partial charge in [-0.3, -0.25) is 4.79 Å². The molecule has 0 aliphatic heterocycles. The van der Waals surface area contributed by atoms with Crippen molar-refractivity contribution in [3.05, 3.63) is 42.1 Å². The Bertz CT molecular complexity index is 1080. The van der Waals surface area contributed by atoms with Gasteiger partial charge in [0.1, 0.15) is 11.5 Å². The van der Waals surface area contributed by atoms with Crippen LogP contribution in [-0.4, -0.2) is 50.1 Å². The molecule has 2 atom stereocenters. The molecule has 32 heavy (non-hydrogen) atoms. The van der Waals surface area contributed by atoms with E-state index >= 15 is 0 Å². The number of anilines is 3. The number of primary amides is 1. The second-order valence-electron chi connectivity index (χ2n) is 7.04. The Morgan fingerprint density at radius 1 is 1.28 bits per heavy atom. The summed E-state index contributed by atoms with van der Waals surface area (Å²) in [6.45, 7) is 3.89. The third kappa shape index (κ3) is 4.91. The molecule has 0 fully saturated rings. The number of methoxy groups -OCH3 is 1. The maximum Gasteiger partial charge on any atom is 0.252 e. The van der Waals surface area contributed by atoms with Crippen LogP contribution in [0.25, 0.3) is 5.69 Å². The van der Waals surface area contributed by atoms with Crippen LogP contribution in [0, 0.1) is 5.82 Å². The Labute approximate surface area is 184 Å². The number of hydrogen-bond acceptors (Lipinski definition) is 9. The molecule has 0 radical (unpaired) electrons. The van der Waals surface area contributed by atoms with Crippen molar-refractivity contribution >= 4 is 23.2 Å². The number of aromatic nitrogens is 5. The molecule has 3 aromatic heterocycles. The fourth-order valence-corrected chi connectivity index (χ4v) is 3.15. The zero-order valence-electron chi connectivity index (χ0n) is 18.0. The lowest BCUT2D eigenvalue weighted by Crippen LogP contribution is -2.39. The predicted octanol–water partition coefficient (Wildman–Crippen LogP) is 1.98. The topological polar surface area (TPSA) is 159 Å². The Balaban J connectivity index is 2.00. The normalized spacial score (nSPS) is 12.8. The quantitative estimate of drug-likeness (QED) is 0.367. The van der Waals surface area contributed by atoms with Crippen LogP contribution < -0.4 is 26.8 Å². The van der Waals surface area contributed by atoms with Crippen molar-refractivity contribution in [3.63, 3.8) is 0 Å². The minimum absolute atomic E-state index is 0.0359. The summed E-state index contributed by atoms with van der Waals surface area (Å²) in [6.07, 6.45) is 5.98. The van der Waals surface area contributed by atoms with E-state index in [4.69, 9.17) is 16.2 Å². The number of amides is 1. The SMILES string of the molecule is CC[C@H](N)[C@@H](CC)Nc1nc(Nc2cnc(OC)c(-n3ccnn3)c2)c(C(N)=O)cc1F. The molecular formula is C20H26FN9O2. The second-order valence-corrected chi connectivity index (χ2v) is 7.04. The van der Waals surface area contributed by atoms with Crippen LogP contribution in [0.5, 0.6) is 5.88 Å². The van der Waals surface area contributed by atoms with Crippen molar-refractivity contribution in [2.24, 2.45) is 11.5 Å². The lowest BCUT2D eigenvalue weighted by atomic mass is 10.0. The zero-order valence-corrected chi connectivity index (χ0v) is 18.0. The Morgan fingerprint density at radius 3 is 2.66 bits per heavy atom. The van der Waals surface area contributed by atoms with E-state index in [1.54, 1.807) is 12.3 Å². The zero-order chi connectivity index (χ0) is 23.3. The lowest BCUT2D eigenvalue weighted by Gasteiger charge is -2.24. The Kier molecular flexibility index (Phi) is 7.15. The van der Waals surface area contributed by atoms with Crippen LogP contribution in [0.1, 0.15) is 37.0 Å². The molecule has 0 unspecified atom stereocenters. The Hall–Kier alpha value is -3.80. The maximum atomic E-state index is 14.7. The van der Waals surface area contributed by atoms with Crippen LogP contribution in [0.15, 0.2) is 30.7 Å². The number of hydrogen-bond donors (Lipinski definition) is 4. The molecule has 0 bridgehead atoms. The van der Waals surface area contributed by atoms with Crippen molar-refractivity contribution in [1.29, 1.82) is 0 Å². The molecule has 170 valence electrons. The number of halogens is 1. The summed E-state index contributed by atoms with van der Waals surface area (Å²) in [6, 6.07) is 2.32. The first-order valence-electron chi connectivity index (χ1n) is 10.1. The minimum atomic E-state index is -0.833. The van der Waals surface area contributed by atoms with Crippen LogP contribution in [0.4, 0.5) is 21.7 Å². The molecule has 0 spiro atoms. The van der Waals surface area contributed by atoms with Crippen molar-refractivity contribution in [3.8, 4) is 11.6 Å². The smallest absolute Gasteiger partial charge is 0.252 e. The first kappa shape index (κ1) is 22.9. The van der Waals surface area contributed by atoms with E-state index in [2.05, 4.69) is 30.9 Å². The van der Waals surface area contributed by atoms with Gasteiger partial charge in [-0.15, -0.1) is 5.10 Å². The van der Waals surface area contributed by atoms with Gasteiger partial charge in [0.05, 0.1) is 37.0 Å². The van der Waals surface area contributed by atoms with Gasteiger partial charge in [0.15, 0.2) is 11.6 Å². The van der Waals surface area contributed by atoms with E-state index in [9.17, 15) is 9.18 Å². The molecule has 1 amide bonds. The summed E-state index contributed by atoms with van der Waals surface area (Å²) in [5.74, 6) is -1.20. The number of pyridine rings is 2. The predicted molar refractivity (Wildman–Crippen MR) is 118 cm³/mol. The molecule has 12 heteroatoms. The van der Waals surface area contributed by atoms with E-state index in [1.165, 1.54) is 24.2 Å². The van der Waals surface area contributed by atoms with Crippen molar-refractivity contribution in [2.75, 3.05) is 17.7 Å². The summed E-state index contributed by atoms with van der Waals surface area (Å²) < 4.78 is 21.4. The van der Waals surface area contributed by atoms with E-state index < -0.39 is 11.7 Å². The third-order valence-corrected chi connectivity index (χ3v) is 4.95. The second kappa shape index (κ2) is 10.0. The molecular weight excluding hydrogens is 417 g/mol. The number of ether oxygens (including phenoxy) is 1. The van der Waals surface area contributed by atoms with Crippen molar-refractivity contribution in [1.82, 2.24) is 25.0 Å². The van der Waals surface area contributed by atoms with Crippen molar-refractivity contribution < 1.29 is 13.9 Å². The summed E-state index contributed by atoms with van der Waals surface area (Å²) >= 11 is 0. The van der Waals surface area contributed by atoms with Gasteiger partial charge in [-0.05, 0) is 25.0 Å². The maximum absolute atomic E-state index is 14.7. The van der Waals surface area contributed by atoms with E-state index in [0.29, 0.717) is 30.1 Å². The van der Waals surface area contributed by atoms with Gasteiger partial charge in [-0.1, -0.05) is 19.1 Å². The average Bonchev–Trinajstić information content (AvgIpc) is 3.33. The molecule has 0 aliphatic carbocycles. The summed E-state index contributed by atoms with van der Waals surface area (Å²) in [7, 11) is 1.48. The highest BCUT2D eigenvalue weighted by molar-refractivity contribution is 5.98. The van der Waals surface area contributed by atoms with Gasteiger partial charge < -0.3 is 26.8 Å². The highest BCUT2D eigenvalue weighted by Crippen LogP contribution is 2.28. The largest absolute Gasteiger partial charge is 0.479 e. The third-order valence-electron chi connectivity index (χ3n) is 4.95. The molecule has 0 aliphatic rings. The molecule has 11 nitrogen and oxygen atoms in total. The summed E-state index contributed by atoms with van der Waals surface area (Å²) in [5, 5.41) is 13.7. The number of rotatable bonds is 10. The average molecular weight is 443 g/mol. The standard InChI is InChI=1S/C20H26FN9O2/c1-4-14(22)15(5-2)27-19-13(21)9-12(17(23)31)18(28-19)26-11-8-16(20(32-3)24-10-11)30-7-6-25-29-30/h6-10,14-15H,4-5,22H2,1-3H3,(H2,23,31)(H2,26,27,28)/t14-,15+/m0/s1. The van der Waals surface area contributed by atoms with Gasteiger partial charge in [-0.2, -0.15) is 0 Å². The van der Waals surface area contributed by atoms with Crippen LogP contribution in [0.2, 0.25) is 0 Å². The van der Waals surface area contributed by atoms with Crippen LogP contribution in [-0.2, 0) is 0 Å². The molecule has 3 heterocycles. The number of carbonyl (C=O) groups excluding carboxylic acids is 1. The van der Waals surface area contributed by atoms with Gasteiger partial charge in [0, 0.05) is 12.1 Å². The van der Waals surface area contributed by atoms with Crippen LogP contribution >= 0.6 is 0 Å². The molecule has 3 aromatic rings. The molecule has 0 saturated heterocycles. The van der Waals surface area contributed by atoms with E-state index in [-0.39, 0.29) is 29.3 Å². The van der Waals surface area contributed by atoms with Gasteiger partial charge in [0.25, 0.3) is 5.91 Å². The first-order valence-corrected chi connectivity index (χ1v) is 10.1. The number of carbonyl (C=O) groups is 1. The molecule has 0 saturated carbocycles. The molecule has 0 aromatic carbocycles. The summed E-state index contributed by atoms with van der Waals surface area (Å²) in [5.41, 5.74) is 12.4. The highest BCUT2D eigenvalue weighted by atomic mass is 19.1. The monoisotopic (exact) mass is 443 g/mol. The Morgan fingerprint density at radius 2 is 2.06 bits per heavy atom.